The fourth-order valence-corrected chi connectivity index (χ4v) is 2.21. The van der Waals surface area contributed by atoms with Gasteiger partial charge in [0.05, 0.1) is 7.11 Å². The van der Waals surface area contributed by atoms with Gasteiger partial charge in [-0.3, -0.25) is 0 Å². The summed E-state index contributed by atoms with van der Waals surface area (Å²) in [5, 5.41) is 0. The molecular formula is C6H6Cl3NO4S. The van der Waals surface area contributed by atoms with Gasteiger partial charge in [0.15, 0.2) is 6.04 Å². The summed E-state index contributed by atoms with van der Waals surface area (Å²) in [5.41, 5.74) is 0. The Hall–Kier alpha value is -0.0400. The van der Waals surface area contributed by atoms with Crippen molar-refractivity contribution in [3.05, 3.63) is 0 Å². The molecule has 0 N–H and O–H groups in total. The average Bonchev–Trinajstić information content (AvgIpc) is 2.45. The second-order valence-electron chi connectivity index (χ2n) is 2.48. The highest BCUT2D eigenvalue weighted by Crippen LogP contribution is 2.43. The molecule has 5 nitrogen and oxygen atoms in total. The van der Waals surface area contributed by atoms with Crippen molar-refractivity contribution in [2.24, 2.45) is 0 Å². The molecule has 1 saturated heterocycles. The lowest BCUT2D eigenvalue weighted by Crippen LogP contribution is -2.37. The molecule has 0 saturated carbocycles. The third-order valence-electron chi connectivity index (χ3n) is 1.50. The summed E-state index contributed by atoms with van der Waals surface area (Å²) >= 11 is 17.0. The number of alkyl halides is 3. The van der Waals surface area contributed by atoms with Gasteiger partial charge in [-0.1, -0.05) is 34.8 Å². The third-order valence-corrected chi connectivity index (χ3v) is 2.93. The summed E-state index contributed by atoms with van der Waals surface area (Å²) in [5.74, 6) is -0.623. The van der Waals surface area contributed by atoms with E-state index in [9.17, 15) is 9.59 Å². The maximum Gasteiger partial charge on any atom is 0.421 e. The molecule has 1 fully saturated rings. The van der Waals surface area contributed by atoms with Crippen molar-refractivity contribution in [2.75, 3.05) is 13.7 Å². The van der Waals surface area contributed by atoms with Crippen LogP contribution in [0.1, 0.15) is 0 Å². The molecule has 1 atom stereocenters. The number of rotatable bonds is 2. The second-order valence-corrected chi connectivity index (χ2v) is 6.62. The van der Waals surface area contributed by atoms with Gasteiger partial charge in [0.2, 0.25) is 0 Å². The quantitative estimate of drug-likeness (QED) is 0.443. The lowest BCUT2D eigenvalue weighted by molar-refractivity contribution is -0.143. The molecule has 86 valence electrons. The minimum atomic E-state index is -1.74. The molecule has 9 heteroatoms. The molecule has 0 spiro atoms. The Kier molecular flexibility index (Phi) is 4.22. The maximum absolute atomic E-state index is 11.2. The van der Waals surface area contributed by atoms with E-state index in [-0.39, 0.29) is 6.61 Å². The van der Waals surface area contributed by atoms with Crippen molar-refractivity contribution < 1.29 is 19.1 Å². The van der Waals surface area contributed by atoms with E-state index in [4.69, 9.17) is 34.8 Å². The van der Waals surface area contributed by atoms with Crippen LogP contribution in [-0.4, -0.2) is 39.3 Å². The van der Waals surface area contributed by atoms with Crippen molar-refractivity contribution in [1.82, 2.24) is 4.31 Å². The van der Waals surface area contributed by atoms with Crippen molar-refractivity contribution >= 4 is 58.8 Å². The molecule has 1 unspecified atom stereocenters. The number of nitrogens with zero attached hydrogens (tertiary/aromatic N) is 1. The Morgan fingerprint density at radius 3 is 2.73 bits per heavy atom. The summed E-state index contributed by atoms with van der Waals surface area (Å²) in [7, 11) is 1.20. The van der Waals surface area contributed by atoms with Crippen molar-refractivity contribution in [3.63, 3.8) is 0 Å². The van der Waals surface area contributed by atoms with E-state index in [2.05, 4.69) is 9.47 Å². The fourth-order valence-electron chi connectivity index (χ4n) is 0.921. The van der Waals surface area contributed by atoms with Crippen LogP contribution in [0.15, 0.2) is 0 Å². The van der Waals surface area contributed by atoms with Gasteiger partial charge in [-0.15, -0.1) is 0 Å². The van der Waals surface area contributed by atoms with E-state index < -0.39 is 21.2 Å². The average molecular weight is 295 g/mol. The predicted molar refractivity (Wildman–Crippen MR) is 56.9 cm³/mol. The molecule has 1 rings (SSSR count). The first-order valence-corrected chi connectivity index (χ1v) is 5.55. The minimum absolute atomic E-state index is 0.112. The predicted octanol–water partition coefficient (Wildman–Crippen LogP) is 1.96. The van der Waals surface area contributed by atoms with Gasteiger partial charge < -0.3 is 9.47 Å². The van der Waals surface area contributed by atoms with Gasteiger partial charge >= 0.3 is 12.1 Å². The highest BCUT2D eigenvalue weighted by molar-refractivity contribution is 8.03. The molecule has 1 aliphatic rings. The molecule has 0 aromatic rings. The first-order chi connectivity index (χ1) is 6.85. The number of hydrogen-bond donors (Lipinski definition) is 0. The Balaban J connectivity index is 2.73. The molecule has 0 aromatic carbocycles. The van der Waals surface area contributed by atoms with Gasteiger partial charge in [0.1, 0.15) is 6.61 Å². The molecule has 0 aliphatic carbocycles. The number of hydrogen-bond acceptors (Lipinski definition) is 5. The van der Waals surface area contributed by atoms with Gasteiger partial charge in [-0.25, -0.2) is 13.9 Å². The van der Waals surface area contributed by atoms with Crippen molar-refractivity contribution in [3.8, 4) is 0 Å². The zero-order chi connectivity index (χ0) is 11.6. The molecule has 15 heavy (non-hydrogen) atoms. The highest BCUT2D eigenvalue weighted by Gasteiger charge is 2.43. The Labute approximate surface area is 105 Å². The van der Waals surface area contributed by atoms with Gasteiger partial charge in [0.25, 0.3) is 3.12 Å². The van der Waals surface area contributed by atoms with E-state index >= 15 is 0 Å². The Bertz CT molecular complexity index is 282. The Morgan fingerprint density at radius 1 is 1.67 bits per heavy atom. The molecule has 1 heterocycles. The van der Waals surface area contributed by atoms with Crippen molar-refractivity contribution in [2.45, 2.75) is 9.17 Å². The first-order valence-electron chi connectivity index (χ1n) is 3.65. The van der Waals surface area contributed by atoms with Crippen LogP contribution in [0.5, 0.6) is 0 Å². The molecule has 0 aromatic heterocycles. The fraction of sp³-hybridized carbons (Fsp3) is 0.667. The summed E-state index contributed by atoms with van der Waals surface area (Å²) in [6, 6.07) is -0.886. The third kappa shape index (κ3) is 3.48. The number of ether oxygens (including phenoxy) is 2. The molecule has 1 amide bonds. The van der Waals surface area contributed by atoms with Crippen LogP contribution < -0.4 is 0 Å². The largest absolute Gasteiger partial charge is 0.467 e. The number of esters is 1. The number of methoxy groups -OCH3 is 1. The van der Waals surface area contributed by atoms with E-state index in [0.29, 0.717) is 11.9 Å². The van der Waals surface area contributed by atoms with Crippen molar-refractivity contribution in [1.29, 1.82) is 0 Å². The van der Waals surface area contributed by atoms with Gasteiger partial charge in [-0.2, -0.15) is 0 Å². The zero-order valence-corrected chi connectivity index (χ0v) is 10.5. The molecule has 1 aliphatic heterocycles. The molecular weight excluding hydrogens is 288 g/mol. The number of cyclic esters (lactones) is 1. The van der Waals surface area contributed by atoms with Gasteiger partial charge in [-0.05, 0) is 0 Å². The highest BCUT2D eigenvalue weighted by atomic mass is 35.6. The van der Waals surface area contributed by atoms with E-state index in [1.165, 1.54) is 7.11 Å². The van der Waals surface area contributed by atoms with Crippen LogP contribution in [0.2, 0.25) is 0 Å². The smallest absolute Gasteiger partial charge is 0.421 e. The van der Waals surface area contributed by atoms with E-state index in [0.717, 1.165) is 4.31 Å². The lowest BCUT2D eigenvalue weighted by atomic mass is 10.3. The maximum atomic E-state index is 11.2. The van der Waals surface area contributed by atoms with Crippen LogP contribution in [-0.2, 0) is 14.3 Å². The summed E-state index contributed by atoms with van der Waals surface area (Å²) < 4.78 is 8.31. The summed E-state index contributed by atoms with van der Waals surface area (Å²) in [4.78, 5) is 22.4. The lowest BCUT2D eigenvalue weighted by Gasteiger charge is -2.21. The van der Waals surface area contributed by atoms with E-state index in [1.54, 1.807) is 0 Å². The first kappa shape index (κ1) is 13.0. The summed E-state index contributed by atoms with van der Waals surface area (Å²) in [6.07, 6.45) is -0.735. The number of halogens is 3. The van der Waals surface area contributed by atoms with Crippen LogP contribution >= 0.6 is 46.8 Å². The van der Waals surface area contributed by atoms with Crippen LogP contribution in [0.3, 0.4) is 0 Å². The Morgan fingerprint density at radius 2 is 2.27 bits per heavy atom. The van der Waals surface area contributed by atoms with Gasteiger partial charge in [0, 0.05) is 11.9 Å². The summed E-state index contributed by atoms with van der Waals surface area (Å²) in [6.45, 7) is -0.112. The number of amides is 1. The number of carbonyl (C=O) groups is 2. The standard InChI is InChI=1S/C6H6Cl3NO4S/c1-13-4(11)3-2-14-5(12)10(3)15-6(7,8)9/h3H,2H2,1H3. The topological polar surface area (TPSA) is 55.8 Å². The van der Waals surface area contributed by atoms with Crippen LogP contribution in [0.4, 0.5) is 4.79 Å². The minimum Gasteiger partial charge on any atom is -0.467 e. The van der Waals surface area contributed by atoms with E-state index in [1.807, 2.05) is 0 Å². The van der Waals surface area contributed by atoms with Crippen LogP contribution in [0, 0.1) is 0 Å². The normalized spacial score (nSPS) is 21.5. The zero-order valence-electron chi connectivity index (χ0n) is 7.41. The molecule has 0 bridgehead atoms. The molecule has 0 radical (unpaired) electrons. The SMILES string of the molecule is COC(=O)C1COC(=O)N1SC(Cl)(Cl)Cl. The second kappa shape index (κ2) is 4.86. The van der Waals surface area contributed by atoms with Crippen LogP contribution in [0.25, 0.3) is 0 Å². The number of carbonyl (C=O) groups excluding carboxylic acids is 2. The monoisotopic (exact) mass is 293 g/mol.